The van der Waals surface area contributed by atoms with Gasteiger partial charge in [0.05, 0.1) is 6.54 Å². The molecule has 1 aliphatic carbocycles. The number of fused-ring (bicyclic) bond motifs is 1. The minimum atomic E-state index is -0.476. The van der Waals surface area contributed by atoms with Crippen LogP contribution in [0.15, 0.2) is 28.8 Å². The highest BCUT2D eigenvalue weighted by Crippen LogP contribution is 2.30. The van der Waals surface area contributed by atoms with Crippen molar-refractivity contribution >= 4 is 22.8 Å². The molecule has 1 aromatic carbocycles. The molecule has 1 saturated carbocycles. The highest BCUT2D eigenvalue weighted by atomic mass is 16.5. The summed E-state index contributed by atoms with van der Waals surface area (Å²) < 4.78 is 5.23. The number of carbonyl (C=O) groups excluding carboxylic acids is 2. The molecule has 6 nitrogen and oxygen atoms in total. The van der Waals surface area contributed by atoms with E-state index in [4.69, 9.17) is 4.52 Å². The Kier molecular flexibility index (Phi) is 4.60. The molecule has 0 aliphatic heterocycles. The average molecular weight is 315 g/mol. The van der Waals surface area contributed by atoms with Gasteiger partial charge in [-0.1, -0.05) is 36.6 Å². The predicted octanol–water partition coefficient (Wildman–Crippen LogP) is 2.14. The first-order chi connectivity index (χ1) is 11.1. The number of hydrogen-bond donors (Lipinski definition) is 2. The van der Waals surface area contributed by atoms with E-state index in [1.807, 2.05) is 24.3 Å². The van der Waals surface area contributed by atoms with Crippen LogP contribution in [-0.2, 0) is 16.1 Å². The highest BCUT2D eigenvalue weighted by molar-refractivity contribution is 5.87. The van der Waals surface area contributed by atoms with E-state index >= 15 is 0 Å². The van der Waals surface area contributed by atoms with E-state index < -0.39 is 6.04 Å². The Morgan fingerprint density at radius 1 is 1.35 bits per heavy atom. The molecule has 2 aromatic rings. The lowest BCUT2D eigenvalue weighted by molar-refractivity contribution is -0.128. The van der Waals surface area contributed by atoms with Crippen LogP contribution in [0.2, 0.25) is 0 Å². The summed E-state index contributed by atoms with van der Waals surface area (Å²) >= 11 is 0. The number of hydrogen-bond acceptors (Lipinski definition) is 4. The van der Waals surface area contributed by atoms with E-state index in [2.05, 4.69) is 15.8 Å². The van der Waals surface area contributed by atoms with E-state index in [1.165, 1.54) is 13.3 Å². The number of rotatable bonds is 6. The van der Waals surface area contributed by atoms with Crippen LogP contribution in [0.1, 0.15) is 38.3 Å². The molecule has 0 spiro atoms. The van der Waals surface area contributed by atoms with Crippen molar-refractivity contribution in [1.29, 1.82) is 0 Å². The van der Waals surface area contributed by atoms with Crippen LogP contribution in [0.4, 0.5) is 0 Å². The maximum absolute atomic E-state index is 12.4. The number of para-hydroxylation sites is 1. The molecule has 1 atom stereocenters. The monoisotopic (exact) mass is 315 g/mol. The van der Waals surface area contributed by atoms with Gasteiger partial charge in [0.2, 0.25) is 11.8 Å². The van der Waals surface area contributed by atoms with Gasteiger partial charge in [0.1, 0.15) is 11.7 Å². The summed E-state index contributed by atoms with van der Waals surface area (Å²) in [4.78, 5) is 23.7. The highest BCUT2D eigenvalue weighted by Gasteiger charge is 2.27. The van der Waals surface area contributed by atoms with Gasteiger partial charge in [-0.05, 0) is 24.5 Å². The lowest BCUT2D eigenvalue weighted by Gasteiger charge is -2.29. The van der Waals surface area contributed by atoms with Crippen molar-refractivity contribution in [2.24, 2.45) is 5.92 Å². The lowest BCUT2D eigenvalue weighted by atomic mass is 9.80. The first kappa shape index (κ1) is 15.5. The second-order valence-electron chi connectivity index (χ2n) is 6.13. The molecule has 23 heavy (non-hydrogen) atoms. The maximum Gasteiger partial charge on any atom is 0.242 e. The summed E-state index contributed by atoms with van der Waals surface area (Å²) in [7, 11) is 0. The van der Waals surface area contributed by atoms with E-state index in [9.17, 15) is 9.59 Å². The van der Waals surface area contributed by atoms with Gasteiger partial charge in [-0.2, -0.15) is 0 Å². The van der Waals surface area contributed by atoms with E-state index in [1.54, 1.807) is 0 Å². The van der Waals surface area contributed by atoms with Crippen LogP contribution in [0.25, 0.3) is 11.0 Å². The fraction of sp³-hybridized carbons (Fsp3) is 0.471. The van der Waals surface area contributed by atoms with Crippen LogP contribution in [-0.4, -0.2) is 23.0 Å². The van der Waals surface area contributed by atoms with Crippen LogP contribution in [0.3, 0.4) is 0 Å². The molecule has 6 heteroatoms. The molecular weight excluding hydrogens is 294 g/mol. The lowest BCUT2D eigenvalue weighted by Crippen LogP contribution is -2.47. The molecule has 0 unspecified atom stereocenters. The van der Waals surface area contributed by atoms with Gasteiger partial charge in [-0.25, -0.2) is 0 Å². The molecule has 1 fully saturated rings. The van der Waals surface area contributed by atoms with E-state index in [0.29, 0.717) is 23.6 Å². The van der Waals surface area contributed by atoms with Gasteiger partial charge in [0, 0.05) is 12.3 Å². The molecule has 0 bridgehead atoms. The third kappa shape index (κ3) is 3.70. The Balaban J connectivity index is 1.62. The summed E-state index contributed by atoms with van der Waals surface area (Å²) in [6.45, 7) is 1.72. The number of benzene rings is 1. The summed E-state index contributed by atoms with van der Waals surface area (Å²) in [6, 6.07) is 7.05. The second-order valence-corrected chi connectivity index (χ2v) is 6.13. The fourth-order valence-corrected chi connectivity index (χ4v) is 2.90. The molecule has 3 rings (SSSR count). The minimum absolute atomic E-state index is 0.167. The van der Waals surface area contributed by atoms with Crippen LogP contribution in [0, 0.1) is 5.92 Å². The Hall–Kier alpha value is -2.37. The zero-order valence-corrected chi connectivity index (χ0v) is 13.2. The fourth-order valence-electron chi connectivity index (χ4n) is 2.90. The summed E-state index contributed by atoms with van der Waals surface area (Å²) in [5, 5.41) is 10.5. The number of aromatic nitrogens is 1. The standard InChI is InChI=1S/C17H21N3O3/c1-11(21)19-14(9-12-5-4-6-12)17(22)18-10-15-13-7-2-3-8-16(13)23-20-15/h2-3,7-8,12,14H,4-6,9-10H2,1H3,(H,18,22)(H,19,21)/t14-/m1/s1. The Bertz CT molecular complexity index is 706. The number of amides is 2. The average Bonchev–Trinajstić information content (AvgIpc) is 2.90. The maximum atomic E-state index is 12.4. The summed E-state index contributed by atoms with van der Waals surface area (Å²) in [6.07, 6.45) is 4.18. The minimum Gasteiger partial charge on any atom is -0.356 e. The summed E-state index contributed by atoms with van der Waals surface area (Å²) in [5.74, 6) is 0.182. The number of nitrogens with one attached hydrogen (secondary N) is 2. The van der Waals surface area contributed by atoms with Crippen LogP contribution in [0.5, 0.6) is 0 Å². The zero-order chi connectivity index (χ0) is 16.2. The van der Waals surface area contributed by atoms with Crippen molar-refractivity contribution in [2.75, 3.05) is 0 Å². The van der Waals surface area contributed by atoms with Crippen molar-refractivity contribution < 1.29 is 14.1 Å². The van der Waals surface area contributed by atoms with Gasteiger partial charge in [0.25, 0.3) is 0 Å². The number of carbonyl (C=O) groups is 2. The largest absolute Gasteiger partial charge is 0.356 e. The van der Waals surface area contributed by atoms with E-state index in [0.717, 1.165) is 18.2 Å². The van der Waals surface area contributed by atoms with Crippen molar-refractivity contribution in [1.82, 2.24) is 15.8 Å². The number of nitrogens with zero attached hydrogens (tertiary/aromatic N) is 1. The second kappa shape index (κ2) is 6.81. The molecule has 1 heterocycles. The summed E-state index contributed by atoms with van der Waals surface area (Å²) in [5.41, 5.74) is 1.39. The molecule has 0 radical (unpaired) electrons. The van der Waals surface area contributed by atoms with Crippen molar-refractivity contribution in [2.45, 2.75) is 45.2 Å². The molecule has 0 saturated heterocycles. The smallest absolute Gasteiger partial charge is 0.242 e. The molecule has 1 aromatic heterocycles. The van der Waals surface area contributed by atoms with Gasteiger partial charge < -0.3 is 15.2 Å². The van der Waals surface area contributed by atoms with Crippen molar-refractivity contribution in [3.8, 4) is 0 Å². The quantitative estimate of drug-likeness (QED) is 0.855. The third-order valence-corrected chi connectivity index (χ3v) is 4.37. The van der Waals surface area contributed by atoms with Gasteiger partial charge in [-0.15, -0.1) is 0 Å². The van der Waals surface area contributed by atoms with Crippen molar-refractivity contribution in [3.05, 3.63) is 30.0 Å². The molecule has 2 amide bonds. The Morgan fingerprint density at radius 2 is 2.13 bits per heavy atom. The topological polar surface area (TPSA) is 84.2 Å². The molecule has 1 aliphatic rings. The molecular formula is C17H21N3O3. The van der Waals surface area contributed by atoms with Crippen molar-refractivity contribution in [3.63, 3.8) is 0 Å². The first-order valence-corrected chi connectivity index (χ1v) is 8.01. The van der Waals surface area contributed by atoms with Gasteiger partial charge >= 0.3 is 0 Å². The normalized spacial score (nSPS) is 15.9. The SMILES string of the molecule is CC(=O)N[C@H](CC1CCC1)C(=O)NCc1noc2ccccc12. The predicted molar refractivity (Wildman–Crippen MR) is 85.4 cm³/mol. The third-order valence-electron chi connectivity index (χ3n) is 4.37. The van der Waals surface area contributed by atoms with Gasteiger partial charge in [-0.3, -0.25) is 9.59 Å². The Morgan fingerprint density at radius 3 is 2.83 bits per heavy atom. The molecule has 122 valence electrons. The Labute approximate surface area is 134 Å². The first-order valence-electron chi connectivity index (χ1n) is 8.01. The molecule has 2 N–H and O–H groups in total. The van der Waals surface area contributed by atoms with Crippen LogP contribution >= 0.6 is 0 Å². The van der Waals surface area contributed by atoms with Crippen LogP contribution < -0.4 is 10.6 Å². The van der Waals surface area contributed by atoms with Gasteiger partial charge in [0.15, 0.2) is 5.58 Å². The van der Waals surface area contributed by atoms with E-state index in [-0.39, 0.29) is 18.4 Å². The zero-order valence-electron chi connectivity index (χ0n) is 13.2.